The lowest BCUT2D eigenvalue weighted by atomic mass is 10.0. The number of carbonyl (C=O) groups is 1. The summed E-state index contributed by atoms with van der Waals surface area (Å²) in [5, 5.41) is 18.7. The fourth-order valence-corrected chi connectivity index (χ4v) is 6.33. The zero-order chi connectivity index (χ0) is 22.4. The summed E-state index contributed by atoms with van der Waals surface area (Å²) in [6, 6.07) is 15.7. The number of carboxylic acids is 1. The molecule has 0 radical (unpaired) electrons. The Labute approximate surface area is 187 Å². The minimum atomic E-state index is -3.56. The highest BCUT2D eigenvalue weighted by Gasteiger charge is 2.43. The zero-order valence-electron chi connectivity index (χ0n) is 17.0. The number of alkyl halides is 1. The van der Waals surface area contributed by atoms with E-state index >= 15 is 0 Å². The number of allylic oxidation sites excluding steroid dienone is 1. The van der Waals surface area contributed by atoms with Gasteiger partial charge in [-0.3, -0.25) is 9.10 Å². The quantitative estimate of drug-likeness (QED) is 0.331. The molecule has 2 aromatic rings. The van der Waals surface area contributed by atoms with Gasteiger partial charge < -0.3 is 10.2 Å². The first-order valence-corrected chi connectivity index (χ1v) is 12.2. The summed E-state index contributed by atoms with van der Waals surface area (Å²) in [5.74, 6) is -0.969. The van der Waals surface area contributed by atoms with Crippen molar-refractivity contribution < 1.29 is 23.4 Å². The van der Waals surface area contributed by atoms with Gasteiger partial charge in [0.2, 0.25) is 10.0 Å². The molecule has 0 saturated carbocycles. The number of rotatable bonds is 9. The Morgan fingerprint density at radius 3 is 2.39 bits per heavy atom. The van der Waals surface area contributed by atoms with Crippen molar-refractivity contribution in [1.82, 2.24) is 0 Å². The van der Waals surface area contributed by atoms with Gasteiger partial charge in [0.25, 0.3) is 0 Å². The molecule has 0 bridgehead atoms. The maximum atomic E-state index is 12.7. The van der Waals surface area contributed by atoms with Crippen LogP contribution in [0.15, 0.2) is 66.7 Å². The Balaban J connectivity index is 1.73. The van der Waals surface area contributed by atoms with Crippen molar-refractivity contribution in [1.29, 1.82) is 0 Å². The number of anilines is 1. The summed E-state index contributed by atoms with van der Waals surface area (Å²) in [7, 11) is -3.56. The third-order valence-corrected chi connectivity index (χ3v) is 7.76. The number of hydrogen-bond acceptors (Lipinski definition) is 4. The second kappa shape index (κ2) is 10.3. The van der Waals surface area contributed by atoms with Crippen molar-refractivity contribution in [3.05, 3.63) is 77.9 Å². The number of halogens is 1. The maximum Gasteiger partial charge on any atom is 0.303 e. The number of aliphatic hydroxyl groups is 1. The van der Waals surface area contributed by atoms with Crippen LogP contribution in [0.3, 0.4) is 0 Å². The van der Waals surface area contributed by atoms with Gasteiger partial charge in [-0.25, -0.2) is 8.42 Å². The average molecular weight is 464 g/mol. The molecule has 3 unspecified atom stereocenters. The van der Waals surface area contributed by atoms with E-state index in [0.717, 1.165) is 5.56 Å². The van der Waals surface area contributed by atoms with E-state index in [1.165, 1.54) is 4.31 Å². The molecule has 2 aromatic carbocycles. The minimum absolute atomic E-state index is 0.105. The summed E-state index contributed by atoms with van der Waals surface area (Å²) in [6.07, 6.45) is 4.63. The molecular weight excluding hydrogens is 438 g/mol. The van der Waals surface area contributed by atoms with Gasteiger partial charge in [-0.1, -0.05) is 54.6 Å². The predicted molar refractivity (Wildman–Crippen MR) is 122 cm³/mol. The van der Waals surface area contributed by atoms with Crippen LogP contribution < -0.4 is 4.31 Å². The Morgan fingerprint density at radius 1 is 1.10 bits per heavy atom. The second-order valence-electron chi connectivity index (χ2n) is 7.56. The summed E-state index contributed by atoms with van der Waals surface area (Å²) in [4.78, 5) is 10.6. The Hall–Kier alpha value is -2.35. The Bertz CT molecular complexity index is 1010. The molecule has 8 heteroatoms. The van der Waals surface area contributed by atoms with E-state index in [1.807, 2.05) is 42.5 Å². The number of benzene rings is 2. The number of sulfonamides is 1. The second-order valence-corrected chi connectivity index (χ2v) is 10.0. The van der Waals surface area contributed by atoms with E-state index in [9.17, 15) is 18.3 Å². The number of hydrogen-bond donors (Lipinski definition) is 2. The Kier molecular flexibility index (Phi) is 7.75. The molecule has 0 aromatic heterocycles. The molecule has 1 fully saturated rings. The number of nitrogens with zero attached hydrogens (tertiary/aromatic N) is 1. The molecule has 3 rings (SSSR count). The number of carboxylic acid groups (broad SMARTS) is 1. The lowest BCUT2D eigenvalue weighted by molar-refractivity contribution is -0.137. The summed E-state index contributed by atoms with van der Waals surface area (Å²) >= 11 is 6.38. The fourth-order valence-electron chi connectivity index (χ4n) is 3.70. The molecule has 1 saturated heterocycles. The van der Waals surface area contributed by atoms with Crippen LogP contribution >= 0.6 is 11.6 Å². The van der Waals surface area contributed by atoms with Gasteiger partial charge in [0, 0.05) is 6.42 Å². The van der Waals surface area contributed by atoms with Crippen molar-refractivity contribution in [2.75, 3.05) is 10.1 Å². The highest BCUT2D eigenvalue weighted by Crippen LogP contribution is 2.35. The maximum absolute atomic E-state index is 12.7. The molecule has 1 heterocycles. The SMILES string of the molecule is O=C(O)CCC/C=C\CC1C(Cl)CS(=O)(=O)N1c1ccc(C(O)c2ccccc2)cc1. The van der Waals surface area contributed by atoms with Crippen molar-refractivity contribution in [3.8, 4) is 0 Å². The lowest BCUT2D eigenvalue weighted by Gasteiger charge is -2.26. The average Bonchev–Trinajstić information content (AvgIpc) is 2.98. The van der Waals surface area contributed by atoms with Gasteiger partial charge in [0.15, 0.2) is 0 Å². The van der Waals surface area contributed by atoms with Gasteiger partial charge >= 0.3 is 5.97 Å². The van der Waals surface area contributed by atoms with Crippen molar-refractivity contribution >= 4 is 33.3 Å². The molecule has 166 valence electrons. The first kappa shape index (κ1) is 23.3. The molecule has 1 aliphatic heterocycles. The van der Waals surface area contributed by atoms with Crippen LogP contribution in [0.5, 0.6) is 0 Å². The zero-order valence-corrected chi connectivity index (χ0v) is 18.5. The molecule has 6 nitrogen and oxygen atoms in total. The minimum Gasteiger partial charge on any atom is -0.481 e. The summed E-state index contributed by atoms with van der Waals surface area (Å²) in [5.41, 5.74) is 1.94. The summed E-state index contributed by atoms with van der Waals surface area (Å²) < 4.78 is 26.8. The van der Waals surface area contributed by atoms with Crippen LogP contribution in [0.2, 0.25) is 0 Å². The van der Waals surface area contributed by atoms with Gasteiger partial charge in [-0.05, 0) is 42.5 Å². The Morgan fingerprint density at radius 2 is 1.74 bits per heavy atom. The van der Waals surface area contributed by atoms with Gasteiger partial charge in [0.1, 0.15) is 6.10 Å². The van der Waals surface area contributed by atoms with E-state index in [-0.39, 0.29) is 12.2 Å². The third kappa shape index (κ3) is 5.87. The molecule has 0 amide bonds. The van der Waals surface area contributed by atoms with Gasteiger partial charge in [-0.15, -0.1) is 11.6 Å². The molecule has 3 atom stereocenters. The van der Waals surface area contributed by atoms with Gasteiger partial charge in [0.05, 0.1) is 22.9 Å². The van der Waals surface area contributed by atoms with Crippen LogP contribution in [0.25, 0.3) is 0 Å². The first-order valence-electron chi connectivity index (χ1n) is 10.2. The topological polar surface area (TPSA) is 94.9 Å². The third-order valence-electron chi connectivity index (χ3n) is 5.27. The van der Waals surface area contributed by atoms with Crippen molar-refractivity contribution in [2.24, 2.45) is 0 Å². The molecule has 2 N–H and O–H groups in total. The molecule has 31 heavy (non-hydrogen) atoms. The predicted octanol–water partition coefficient (Wildman–Crippen LogP) is 4.10. The van der Waals surface area contributed by atoms with Crippen LogP contribution in [0, 0.1) is 0 Å². The highest BCUT2D eigenvalue weighted by atomic mass is 35.5. The van der Waals surface area contributed by atoms with Gasteiger partial charge in [-0.2, -0.15) is 0 Å². The first-order chi connectivity index (χ1) is 14.8. The van der Waals surface area contributed by atoms with E-state index in [2.05, 4.69) is 0 Å². The van der Waals surface area contributed by atoms with Crippen LogP contribution in [0.4, 0.5) is 5.69 Å². The van der Waals surface area contributed by atoms with Crippen LogP contribution in [-0.4, -0.2) is 41.8 Å². The molecule has 0 spiro atoms. The molecular formula is C23H26ClNO5S. The van der Waals surface area contributed by atoms with E-state index in [0.29, 0.717) is 30.5 Å². The lowest BCUT2D eigenvalue weighted by Crippen LogP contribution is -2.35. The number of unbranched alkanes of at least 4 members (excludes halogenated alkanes) is 1. The highest BCUT2D eigenvalue weighted by molar-refractivity contribution is 7.93. The number of aliphatic hydroxyl groups excluding tert-OH is 1. The van der Waals surface area contributed by atoms with E-state index in [4.69, 9.17) is 16.7 Å². The smallest absolute Gasteiger partial charge is 0.303 e. The largest absolute Gasteiger partial charge is 0.481 e. The van der Waals surface area contributed by atoms with E-state index in [1.54, 1.807) is 24.3 Å². The van der Waals surface area contributed by atoms with Crippen LogP contribution in [0.1, 0.15) is 42.9 Å². The van der Waals surface area contributed by atoms with Crippen molar-refractivity contribution in [3.63, 3.8) is 0 Å². The molecule has 1 aliphatic rings. The summed E-state index contributed by atoms with van der Waals surface area (Å²) in [6.45, 7) is 0. The molecule has 0 aliphatic carbocycles. The monoisotopic (exact) mass is 463 g/mol. The normalized spacial score (nSPS) is 21.4. The van der Waals surface area contributed by atoms with E-state index < -0.39 is 33.5 Å². The number of aliphatic carboxylic acids is 1. The van der Waals surface area contributed by atoms with Crippen LogP contribution in [-0.2, 0) is 14.8 Å². The fraction of sp³-hybridized carbons (Fsp3) is 0.348. The standard InChI is InChI=1S/C23H26ClNO5S/c24-20-16-31(29,30)25(21(20)10-6-1-2-7-11-22(26)27)19-14-12-18(13-15-19)23(28)17-8-4-3-5-9-17/h1,3-6,8-9,12-15,20-21,23,28H,2,7,10-11,16H2,(H,26,27)/b6-1-. The van der Waals surface area contributed by atoms with Crippen molar-refractivity contribution in [2.45, 2.75) is 43.2 Å².